The van der Waals surface area contributed by atoms with Crippen LogP contribution in [0, 0.1) is 29.4 Å². The Balaban J connectivity index is 3.04. The number of aryl methyl sites for hydroxylation is 1. The molecule has 0 fully saturated rings. The second-order valence-electron chi connectivity index (χ2n) is 4.21. The molecule has 0 aliphatic heterocycles. The summed E-state index contributed by atoms with van der Waals surface area (Å²) in [6.45, 7) is 3.55. The molecule has 1 amide bonds. The summed E-state index contributed by atoms with van der Waals surface area (Å²) in [6.07, 6.45) is 6.78. The monoisotopic (exact) mass is 260 g/mol. The normalized spacial score (nSPS) is 11.4. The SMILES string of the molecule is C#CC(CCC)NC(=O)c1cccc(C)c1[N+](=O)[O-]. The summed E-state index contributed by atoms with van der Waals surface area (Å²) in [5.74, 6) is 1.96. The van der Waals surface area contributed by atoms with Crippen molar-refractivity contribution in [1.29, 1.82) is 0 Å². The Hall–Kier alpha value is -2.35. The van der Waals surface area contributed by atoms with Crippen LogP contribution in [0.2, 0.25) is 0 Å². The van der Waals surface area contributed by atoms with E-state index < -0.39 is 16.9 Å². The average Bonchev–Trinajstić information content (AvgIpc) is 2.37. The Morgan fingerprint density at radius 2 is 2.26 bits per heavy atom. The van der Waals surface area contributed by atoms with Crippen molar-refractivity contribution in [3.8, 4) is 12.3 Å². The lowest BCUT2D eigenvalue weighted by atomic mass is 10.1. The van der Waals surface area contributed by atoms with Crippen molar-refractivity contribution in [1.82, 2.24) is 5.32 Å². The summed E-state index contributed by atoms with van der Waals surface area (Å²) in [4.78, 5) is 22.5. The number of amides is 1. The standard InChI is InChI=1S/C14H16N2O3/c1-4-7-11(5-2)15-14(17)12-9-6-8-10(3)13(12)16(18)19/h2,6,8-9,11H,4,7H2,1,3H3,(H,15,17). The van der Waals surface area contributed by atoms with Gasteiger partial charge in [0.05, 0.1) is 11.0 Å². The summed E-state index contributed by atoms with van der Waals surface area (Å²) in [7, 11) is 0. The van der Waals surface area contributed by atoms with Crippen LogP contribution in [0.5, 0.6) is 0 Å². The number of carbonyl (C=O) groups excluding carboxylic acids is 1. The molecule has 1 aromatic rings. The largest absolute Gasteiger partial charge is 0.338 e. The summed E-state index contributed by atoms with van der Waals surface area (Å²) in [6, 6.07) is 4.24. The predicted octanol–water partition coefficient (Wildman–Crippen LogP) is 2.43. The van der Waals surface area contributed by atoms with Crippen LogP contribution in [0.1, 0.15) is 35.7 Å². The van der Waals surface area contributed by atoms with E-state index in [-0.39, 0.29) is 11.3 Å². The van der Waals surface area contributed by atoms with Gasteiger partial charge in [-0.15, -0.1) is 6.42 Å². The number of nitrogens with one attached hydrogen (secondary N) is 1. The van der Waals surface area contributed by atoms with Crippen molar-refractivity contribution in [3.05, 3.63) is 39.4 Å². The highest BCUT2D eigenvalue weighted by Crippen LogP contribution is 2.23. The fraction of sp³-hybridized carbons (Fsp3) is 0.357. The molecular formula is C14H16N2O3. The van der Waals surface area contributed by atoms with E-state index >= 15 is 0 Å². The number of hydrogen-bond acceptors (Lipinski definition) is 3. The van der Waals surface area contributed by atoms with Crippen LogP contribution in [-0.4, -0.2) is 16.9 Å². The van der Waals surface area contributed by atoms with Crippen molar-refractivity contribution < 1.29 is 9.72 Å². The Labute approximate surface area is 112 Å². The van der Waals surface area contributed by atoms with Crippen molar-refractivity contribution in [2.75, 3.05) is 0 Å². The molecule has 19 heavy (non-hydrogen) atoms. The first-order chi connectivity index (χ1) is 9.01. The number of rotatable bonds is 5. The first-order valence-corrected chi connectivity index (χ1v) is 6.02. The van der Waals surface area contributed by atoms with Crippen molar-refractivity contribution >= 4 is 11.6 Å². The topological polar surface area (TPSA) is 72.2 Å². The van der Waals surface area contributed by atoms with Gasteiger partial charge in [-0.25, -0.2) is 0 Å². The van der Waals surface area contributed by atoms with E-state index in [0.717, 1.165) is 6.42 Å². The molecule has 1 aromatic carbocycles. The third-order valence-corrected chi connectivity index (χ3v) is 2.75. The third kappa shape index (κ3) is 3.55. The predicted molar refractivity (Wildman–Crippen MR) is 72.8 cm³/mol. The van der Waals surface area contributed by atoms with E-state index in [1.54, 1.807) is 19.1 Å². The summed E-state index contributed by atoms with van der Waals surface area (Å²) in [5, 5.41) is 13.6. The van der Waals surface area contributed by atoms with Crippen LogP contribution in [-0.2, 0) is 0 Å². The summed E-state index contributed by atoms with van der Waals surface area (Å²) >= 11 is 0. The molecule has 0 bridgehead atoms. The second kappa shape index (κ2) is 6.55. The maximum Gasteiger partial charge on any atom is 0.285 e. The Kier molecular flexibility index (Phi) is 5.07. The van der Waals surface area contributed by atoms with Gasteiger partial charge in [0.2, 0.25) is 0 Å². The van der Waals surface area contributed by atoms with Gasteiger partial charge in [0.25, 0.3) is 11.6 Å². The van der Waals surface area contributed by atoms with Crippen LogP contribution in [0.4, 0.5) is 5.69 Å². The van der Waals surface area contributed by atoms with Gasteiger partial charge in [-0.3, -0.25) is 14.9 Å². The van der Waals surface area contributed by atoms with Crippen LogP contribution in [0.15, 0.2) is 18.2 Å². The molecule has 1 atom stereocenters. The highest BCUT2D eigenvalue weighted by atomic mass is 16.6. The highest BCUT2D eigenvalue weighted by Gasteiger charge is 2.23. The highest BCUT2D eigenvalue weighted by molar-refractivity contribution is 5.99. The van der Waals surface area contributed by atoms with E-state index in [1.807, 2.05) is 6.92 Å². The molecular weight excluding hydrogens is 244 g/mol. The van der Waals surface area contributed by atoms with Gasteiger partial charge in [-0.2, -0.15) is 0 Å². The lowest BCUT2D eigenvalue weighted by Crippen LogP contribution is -2.34. The zero-order chi connectivity index (χ0) is 14.4. The van der Waals surface area contributed by atoms with Gasteiger partial charge in [-0.1, -0.05) is 31.4 Å². The number of hydrogen-bond donors (Lipinski definition) is 1. The molecule has 0 spiro atoms. The molecule has 0 aromatic heterocycles. The maximum absolute atomic E-state index is 12.1. The number of nitrogens with zero attached hydrogens (tertiary/aromatic N) is 1. The fourth-order valence-corrected chi connectivity index (χ4v) is 1.81. The number of nitro groups is 1. The van der Waals surface area contributed by atoms with Crippen molar-refractivity contribution in [2.24, 2.45) is 0 Å². The molecule has 0 saturated carbocycles. The van der Waals surface area contributed by atoms with Gasteiger partial charge in [0.15, 0.2) is 0 Å². The molecule has 5 heteroatoms. The fourth-order valence-electron chi connectivity index (χ4n) is 1.81. The Morgan fingerprint density at radius 1 is 1.58 bits per heavy atom. The summed E-state index contributed by atoms with van der Waals surface area (Å²) in [5.41, 5.74) is 0.319. The first-order valence-electron chi connectivity index (χ1n) is 6.02. The van der Waals surface area contributed by atoms with Crippen molar-refractivity contribution in [3.63, 3.8) is 0 Å². The Morgan fingerprint density at radius 3 is 2.79 bits per heavy atom. The summed E-state index contributed by atoms with van der Waals surface area (Å²) < 4.78 is 0. The average molecular weight is 260 g/mol. The zero-order valence-electron chi connectivity index (χ0n) is 11.0. The van der Waals surface area contributed by atoms with Crippen LogP contribution in [0.25, 0.3) is 0 Å². The molecule has 0 heterocycles. The lowest BCUT2D eigenvalue weighted by Gasteiger charge is -2.12. The van der Waals surface area contributed by atoms with E-state index in [1.165, 1.54) is 6.07 Å². The molecule has 0 aliphatic rings. The first kappa shape index (κ1) is 14.7. The lowest BCUT2D eigenvalue weighted by molar-refractivity contribution is -0.385. The minimum Gasteiger partial charge on any atom is -0.338 e. The van der Waals surface area contributed by atoms with Gasteiger partial charge in [0.1, 0.15) is 5.56 Å². The zero-order valence-corrected chi connectivity index (χ0v) is 11.0. The number of nitro benzene ring substituents is 1. The van der Waals surface area contributed by atoms with E-state index in [9.17, 15) is 14.9 Å². The molecule has 1 unspecified atom stereocenters. The minimum absolute atomic E-state index is 0.0429. The number of carbonyl (C=O) groups is 1. The van der Waals surface area contributed by atoms with Gasteiger partial charge in [-0.05, 0) is 19.4 Å². The molecule has 0 aliphatic carbocycles. The molecule has 1 rings (SSSR count). The maximum atomic E-state index is 12.1. The molecule has 1 N–H and O–H groups in total. The number of para-hydroxylation sites is 1. The van der Waals surface area contributed by atoms with Gasteiger partial charge in [0, 0.05) is 5.56 Å². The smallest absolute Gasteiger partial charge is 0.285 e. The Bertz CT molecular complexity index is 532. The second-order valence-corrected chi connectivity index (χ2v) is 4.21. The van der Waals surface area contributed by atoms with E-state index in [4.69, 9.17) is 6.42 Å². The minimum atomic E-state index is -0.547. The van der Waals surface area contributed by atoms with Crippen LogP contribution in [0.3, 0.4) is 0 Å². The van der Waals surface area contributed by atoms with Crippen LogP contribution < -0.4 is 5.32 Å². The molecule has 100 valence electrons. The molecule has 0 radical (unpaired) electrons. The number of terminal acetylenes is 1. The van der Waals surface area contributed by atoms with E-state index in [0.29, 0.717) is 12.0 Å². The molecule has 0 saturated heterocycles. The van der Waals surface area contributed by atoms with Gasteiger partial charge >= 0.3 is 0 Å². The van der Waals surface area contributed by atoms with Gasteiger partial charge < -0.3 is 5.32 Å². The van der Waals surface area contributed by atoms with E-state index in [2.05, 4.69) is 11.2 Å². The van der Waals surface area contributed by atoms with Crippen molar-refractivity contribution in [2.45, 2.75) is 32.7 Å². The number of benzene rings is 1. The van der Waals surface area contributed by atoms with Crippen LogP contribution >= 0.6 is 0 Å². The molecule has 5 nitrogen and oxygen atoms in total. The quantitative estimate of drug-likeness (QED) is 0.502. The third-order valence-electron chi connectivity index (χ3n) is 2.75.